The zero-order chi connectivity index (χ0) is 17.1. The Bertz CT molecular complexity index is 753. The maximum absolute atomic E-state index is 12.2. The van der Waals surface area contributed by atoms with E-state index in [-0.39, 0.29) is 11.8 Å². The van der Waals surface area contributed by atoms with Crippen molar-refractivity contribution in [2.75, 3.05) is 37.0 Å². The monoisotopic (exact) mass is 323 g/mol. The summed E-state index contributed by atoms with van der Waals surface area (Å²) in [6.07, 6.45) is 0.441. The third-order valence-corrected chi connectivity index (χ3v) is 4.19. The van der Waals surface area contributed by atoms with Crippen LogP contribution in [0, 0.1) is 0 Å². The molecule has 2 amide bonds. The SMILES string of the molecule is CN(C)c1ccc(C(=O)NCCN2C(=O)Cc3ccccc32)cc1. The number of fused-ring (bicyclic) bond motifs is 1. The van der Waals surface area contributed by atoms with E-state index in [2.05, 4.69) is 5.32 Å². The number of carbonyl (C=O) groups is 2. The second kappa shape index (κ2) is 6.74. The molecule has 1 aliphatic heterocycles. The minimum Gasteiger partial charge on any atom is -0.378 e. The van der Waals surface area contributed by atoms with Crippen LogP contribution in [0.4, 0.5) is 11.4 Å². The maximum atomic E-state index is 12.2. The van der Waals surface area contributed by atoms with Crippen molar-refractivity contribution in [2.24, 2.45) is 0 Å². The summed E-state index contributed by atoms with van der Waals surface area (Å²) < 4.78 is 0. The Hall–Kier alpha value is -2.82. The second-order valence-electron chi connectivity index (χ2n) is 6.05. The molecule has 0 saturated heterocycles. The van der Waals surface area contributed by atoms with Crippen LogP contribution in [0.25, 0.3) is 0 Å². The van der Waals surface area contributed by atoms with Gasteiger partial charge in [0.05, 0.1) is 6.42 Å². The number of benzene rings is 2. The topological polar surface area (TPSA) is 52.7 Å². The molecule has 0 aromatic heterocycles. The predicted octanol–water partition coefficient (Wildman–Crippen LogP) is 2.07. The summed E-state index contributed by atoms with van der Waals surface area (Å²) in [5.74, 6) is -0.0407. The first-order valence-electron chi connectivity index (χ1n) is 8.00. The molecule has 1 heterocycles. The van der Waals surface area contributed by atoms with Crippen LogP contribution in [-0.4, -0.2) is 39.0 Å². The number of nitrogens with one attached hydrogen (secondary N) is 1. The molecular formula is C19H21N3O2. The van der Waals surface area contributed by atoms with Gasteiger partial charge in [0.2, 0.25) is 5.91 Å². The fourth-order valence-electron chi connectivity index (χ4n) is 2.86. The first-order valence-corrected chi connectivity index (χ1v) is 8.00. The fraction of sp³-hybridized carbons (Fsp3) is 0.263. The summed E-state index contributed by atoms with van der Waals surface area (Å²) in [7, 11) is 3.92. The van der Waals surface area contributed by atoms with Gasteiger partial charge < -0.3 is 15.1 Å². The first-order chi connectivity index (χ1) is 11.6. The lowest BCUT2D eigenvalue weighted by molar-refractivity contribution is -0.117. The van der Waals surface area contributed by atoms with Crippen LogP contribution in [0.5, 0.6) is 0 Å². The molecule has 5 nitrogen and oxygen atoms in total. The number of hydrogen-bond acceptors (Lipinski definition) is 3. The van der Waals surface area contributed by atoms with E-state index in [4.69, 9.17) is 0 Å². The van der Waals surface area contributed by atoms with Gasteiger partial charge in [-0.3, -0.25) is 9.59 Å². The summed E-state index contributed by atoms with van der Waals surface area (Å²) in [5, 5.41) is 2.88. The first kappa shape index (κ1) is 16.1. The molecule has 0 spiro atoms. The summed E-state index contributed by atoms with van der Waals surface area (Å²) in [4.78, 5) is 28.0. The predicted molar refractivity (Wildman–Crippen MR) is 95.6 cm³/mol. The molecule has 1 N–H and O–H groups in total. The highest BCUT2D eigenvalue weighted by Crippen LogP contribution is 2.27. The van der Waals surface area contributed by atoms with Crippen molar-refractivity contribution in [3.63, 3.8) is 0 Å². The van der Waals surface area contributed by atoms with Gasteiger partial charge in [-0.2, -0.15) is 0 Å². The largest absolute Gasteiger partial charge is 0.378 e. The van der Waals surface area contributed by atoms with E-state index in [1.807, 2.05) is 55.4 Å². The number of carbonyl (C=O) groups excluding carboxylic acids is 2. The van der Waals surface area contributed by atoms with E-state index in [1.54, 1.807) is 17.0 Å². The van der Waals surface area contributed by atoms with Crippen molar-refractivity contribution in [3.05, 3.63) is 59.7 Å². The molecule has 0 unspecified atom stereocenters. The number of hydrogen-bond donors (Lipinski definition) is 1. The molecule has 0 fully saturated rings. The van der Waals surface area contributed by atoms with E-state index < -0.39 is 0 Å². The van der Waals surface area contributed by atoms with Gasteiger partial charge in [0.1, 0.15) is 0 Å². The summed E-state index contributed by atoms with van der Waals surface area (Å²) in [6.45, 7) is 0.908. The normalized spacial score (nSPS) is 12.9. The Morgan fingerprint density at radius 2 is 1.83 bits per heavy atom. The highest BCUT2D eigenvalue weighted by molar-refractivity contribution is 6.01. The standard InChI is InChI=1S/C19H21N3O2/c1-21(2)16-9-7-14(8-10-16)19(24)20-11-12-22-17-6-4-3-5-15(17)13-18(22)23/h3-10H,11-13H2,1-2H3,(H,20,24). The quantitative estimate of drug-likeness (QED) is 0.916. The molecule has 0 atom stereocenters. The van der Waals surface area contributed by atoms with E-state index in [0.29, 0.717) is 25.1 Å². The molecule has 0 bridgehead atoms. The number of anilines is 2. The van der Waals surface area contributed by atoms with Gasteiger partial charge in [-0.25, -0.2) is 0 Å². The van der Waals surface area contributed by atoms with Crippen LogP contribution in [0.15, 0.2) is 48.5 Å². The number of para-hydroxylation sites is 1. The van der Waals surface area contributed by atoms with Gasteiger partial charge >= 0.3 is 0 Å². The van der Waals surface area contributed by atoms with Gasteiger partial charge in [-0.05, 0) is 35.9 Å². The maximum Gasteiger partial charge on any atom is 0.251 e. The second-order valence-corrected chi connectivity index (χ2v) is 6.05. The lowest BCUT2D eigenvalue weighted by atomic mass is 10.2. The average Bonchev–Trinajstić information content (AvgIpc) is 2.90. The third-order valence-electron chi connectivity index (χ3n) is 4.19. The molecule has 3 rings (SSSR count). The van der Waals surface area contributed by atoms with Gasteiger partial charge in [0.25, 0.3) is 5.91 Å². The zero-order valence-corrected chi connectivity index (χ0v) is 14.0. The number of amides is 2. The molecule has 1 aliphatic rings. The molecule has 0 radical (unpaired) electrons. The highest BCUT2D eigenvalue weighted by Gasteiger charge is 2.26. The van der Waals surface area contributed by atoms with E-state index in [0.717, 1.165) is 16.9 Å². The molecule has 124 valence electrons. The Morgan fingerprint density at radius 3 is 2.54 bits per heavy atom. The Kier molecular flexibility index (Phi) is 4.51. The molecule has 5 heteroatoms. The molecule has 0 saturated carbocycles. The zero-order valence-electron chi connectivity index (χ0n) is 14.0. The third kappa shape index (κ3) is 3.25. The summed E-state index contributed by atoms with van der Waals surface area (Å²) in [6, 6.07) is 15.2. The molecular weight excluding hydrogens is 302 g/mol. The average molecular weight is 323 g/mol. The van der Waals surface area contributed by atoms with Crippen LogP contribution in [0.2, 0.25) is 0 Å². The molecule has 2 aromatic rings. The smallest absolute Gasteiger partial charge is 0.251 e. The minimum absolute atomic E-state index is 0.0841. The molecule has 0 aliphatic carbocycles. The van der Waals surface area contributed by atoms with Crippen LogP contribution < -0.4 is 15.1 Å². The van der Waals surface area contributed by atoms with Crippen molar-refractivity contribution in [1.82, 2.24) is 5.32 Å². The highest BCUT2D eigenvalue weighted by atomic mass is 16.2. The van der Waals surface area contributed by atoms with Crippen LogP contribution in [-0.2, 0) is 11.2 Å². The lowest BCUT2D eigenvalue weighted by Crippen LogP contribution is -2.36. The van der Waals surface area contributed by atoms with Crippen molar-refractivity contribution in [2.45, 2.75) is 6.42 Å². The van der Waals surface area contributed by atoms with Crippen LogP contribution in [0.3, 0.4) is 0 Å². The Balaban J connectivity index is 1.56. The minimum atomic E-state index is -0.125. The van der Waals surface area contributed by atoms with Crippen molar-refractivity contribution in [3.8, 4) is 0 Å². The van der Waals surface area contributed by atoms with Crippen molar-refractivity contribution in [1.29, 1.82) is 0 Å². The van der Waals surface area contributed by atoms with Gasteiger partial charge in [0.15, 0.2) is 0 Å². The van der Waals surface area contributed by atoms with E-state index in [1.165, 1.54) is 0 Å². The Labute approximate surface area is 141 Å². The van der Waals surface area contributed by atoms with E-state index >= 15 is 0 Å². The summed E-state index contributed by atoms with van der Waals surface area (Å²) >= 11 is 0. The fourth-order valence-corrected chi connectivity index (χ4v) is 2.86. The van der Waals surface area contributed by atoms with Crippen LogP contribution in [0.1, 0.15) is 15.9 Å². The van der Waals surface area contributed by atoms with Gasteiger partial charge in [-0.15, -0.1) is 0 Å². The van der Waals surface area contributed by atoms with Crippen LogP contribution >= 0.6 is 0 Å². The molecule has 24 heavy (non-hydrogen) atoms. The molecule has 2 aromatic carbocycles. The number of rotatable bonds is 5. The van der Waals surface area contributed by atoms with E-state index in [9.17, 15) is 9.59 Å². The van der Waals surface area contributed by atoms with Gasteiger partial charge in [-0.1, -0.05) is 18.2 Å². The Morgan fingerprint density at radius 1 is 1.12 bits per heavy atom. The lowest BCUT2D eigenvalue weighted by Gasteiger charge is -2.18. The van der Waals surface area contributed by atoms with Crippen molar-refractivity contribution >= 4 is 23.2 Å². The number of nitrogens with zero attached hydrogens (tertiary/aromatic N) is 2. The summed E-state index contributed by atoms with van der Waals surface area (Å²) in [5.41, 5.74) is 3.67. The van der Waals surface area contributed by atoms with Crippen molar-refractivity contribution < 1.29 is 9.59 Å². The van der Waals surface area contributed by atoms with Gasteiger partial charge in [0, 0.05) is 44.1 Å².